The molecule has 0 saturated carbocycles. The molecule has 1 saturated heterocycles. The van der Waals surface area contributed by atoms with Gasteiger partial charge in [-0.25, -0.2) is 0 Å². The molecule has 78 valence electrons. The van der Waals surface area contributed by atoms with Gasteiger partial charge in [0.2, 0.25) is 0 Å². The number of halogens is 1. The van der Waals surface area contributed by atoms with Crippen LogP contribution in [0.4, 0.5) is 0 Å². The van der Waals surface area contributed by atoms with E-state index in [0.717, 1.165) is 29.5 Å². The van der Waals surface area contributed by atoms with Crippen molar-refractivity contribution in [1.29, 1.82) is 0 Å². The van der Waals surface area contributed by atoms with Crippen LogP contribution in [-0.2, 0) is 4.74 Å². The minimum Gasteiger partial charge on any atom is -0.381 e. The van der Waals surface area contributed by atoms with Crippen LogP contribution in [-0.4, -0.2) is 13.2 Å². The van der Waals surface area contributed by atoms with Crippen LogP contribution < -0.4 is 11.3 Å². The first-order chi connectivity index (χ1) is 6.83. The Hall–Kier alpha value is -0.130. The average molecular weight is 233 g/mol. The van der Waals surface area contributed by atoms with Crippen LogP contribution in [0.1, 0.15) is 17.3 Å². The van der Waals surface area contributed by atoms with Gasteiger partial charge in [-0.3, -0.25) is 11.3 Å². The number of nitrogens with one attached hydrogen (secondary N) is 1. The van der Waals surface area contributed by atoms with E-state index in [2.05, 4.69) is 5.43 Å². The quantitative estimate of drug-likeness (QED) is 0.619. The van der Waals surface area contributed by atoms with E-state index in [1.807, 2.05) is 11.4 Å². The number of rotatable bonds is 3. The zero-order valence-electron chi connectivity index (χ0n) is 7.70. The van der Waals surface area contributed by atoms with Crippen molar-refractivity contribution in [3.8, 4) is 0 Å². The molecule has 0 spiro atoms. The Morgan fingerprint density at radius 1 is 1.71 bits per heavy atom. The monoisotopic (exact) mass is 232 g/mol. The maximum atomic E-state index is 6.07. The van der Waals surface area contributed by atoms with Crippen molar-refractivity contribution in [3.63, 3.8) is 0 Å². The molecule has 1 aliphatic heterocycles. The van der Waals surface area contributed by atoms with E-state index < -0.39 is 0 Å². The summed E-state index contributed by atoms with van der Waals surface area (Å²) in [6.07, 6.45) is 1.04. The first kappa shape index (κ1) is 10.4. The predicted molar refractivity (Wildman–Crippen MR) is 58.3 cm³/mol. The van der Waals surface area contributed by atoms with Gasteiger partial charge in [0.25, 0.3) is 0 Å². The lowest BCUT2D eigenvalue weighted by Crippen LogP contribution is -2.33. The average Bonchev–Trinajstić information content (AvgIpc) is 2.80. The Bertz CT molecular complexity index is 299. The summed E-state index contributed by atoms with van der Waals surface area (Å²) in [7, 11) is 0. The van der Waals surface area contributed by atoms with Gasteiger partial charge in [0, 0.05) is 17.4 Å². The molecule has 2 unspecified atom stereocenters. The molecule has 2 rings (SSSR count). The molecular weight excluding hydrogens is 220 g/mol. The molecule has 3 nitrogen and oxygen atoms in total. The maximum Gasteiger partial charge on any atom is 0.0619 e. The highest BCUT2D eigenvalue weighted by atomic mass is 35.5. The van der Waals surface area contributed by atoms with Gasteiger partial charge in [-0.15, -0.1) is 11.3 Å². The molecule has 5 heteroatoms. The highest BCUT2D eigenvalue weighted by Crippen LogP contribution is 2.35. The number of hydrogen-bond acceptors (Lipinski definition) is 4. The Balaban J connectivity index is 2.16. The highest BCUT2D eigenvalue weighted by molar-refractivity contribution is 7.10. The van der Waals surface area contributed by atoms with E-state index in [0.29, 0.717) is 5.92 Å². The second kappa shape index (κ2) is 4.59. The maximum absolute atomic E-state index is 6.07. The standard InChI is InChI=1S/C9H13ClN2OS/c10-7-2-4-14-9(7)8(12-11)6-1-3-13-5-6/h2,4,6,8,12H,1,3,5,11H2. The Morgan fingerprint density at radius 2 is 2.57 bits per heavy atom. The Morgan fingerprint density at radius 3 is 3.07 bits per heavy atom. The molecular formula is C9H13ClN2OS. The number of hydrogen-bond donors (Lipinski definition) is 2. The molecule has 0 radical (unpaired) electrons. The van der Waals surface area contributed by atoms with Crippen molar-refractivity contribution >= 4 is 22.9 Å². The van der Waals surface area contributed by atoms with Gasteiger partial charge < -0.3 is 4.74 Å². The van der Waals surface area contributed by atoms with Gasteiger partial charge in [0.05, 0.1) is 17.7 Å². The summed E-state index contributed by atoms with van der Waals surface area (Å²) in [5.41, 5.74) is 2.83. The van der Waals surface area contributed by atoms with Gasteiger partial charge in [-0.2, -0.15) is 0 Å². The third-order valence-electron chi connectivity index (χ3n) is 2.54. The van der Waals surface area contributed by atoms with Crippen molar-refractivity contribution in [3.05, 3.63) is 21.3 Å². The molecule has 14 heavy (non-hydrogen) atoms. The molecule has 2 atom stereocenters. The van der Waals surface area contributed by atoms with Crippen LogP contribution >= 0.6 is 22.9 Å². The molecule has 0 aliphatic carbocycles. The SMILES string of the molecule is NNC(c1sccc1Cl)C1CCOC1. The predicted octanol–water partition coefficient (Wildman–Crippen LogP) is 1.94. The molecule has 1 aromatic rings. The van der Waals surface area contributed by atoms with Crippen molar-refractivity contribution in [2.45, 2.75) is 12.5 Å². The van der Waals surface area contributed by atoms with E-state index in [1.165, 1.54) is 0 Å². The second-order valence-corrected chi connectivity index (χ2v) is 4.76. The number of thiophene rings is 1. The van der Waals surface area contributed by atoms with Crippen LogP contribution in [0.2, 0.25) is 5.02 Å². The third-order valence-corrected chi connectivity index (χ3v) is 3.98. The van der Waals surface area contributed by atoms with E-state index in [-0.39, 0.29) is 6.04 Å². The fourth-order valence-corrected chi connectivity index (χ4v) is 3.10. The molecule has 0 aromatic carbocycles. The zero-order chi connectivity index (χ0) is 9.97. The fraction of sp³-hybridized carbons (Fsp3) is 0.556. The summed E-state index contributed by atoms with van der Waals surface area (Å²) in [5.74, 6) is 6.00. The first-order valence-electron chi connectivity index (χ1n) is 4.59. The third kappa shape index (κ3) is 1.94. The summed E-state index contributed by atoms with van der Waals surface area (Å²) in [6.45, 7) is 1.59. The van der Waals surface area contributed by atoms with E-state index in [9.17, 15) is 0 Å². The largest absolute Gasteiger partial charge is 0.381 e. The molecule has 1 aliphatic rings. The van der Waals surface area contributed by atoms with Crippen LogP contribution in [0.3, 0.4) is 0 Å². The zero-order valence-corrected chi connectivity index (χ0v) is 9.27. The molecule has 2 heterocycles. The van der Waals surface area contributed by atoms with E-state index in [1.54, 1.807) is 11.3 Å². The summed E-state index contributed by atoms with van der Waals surface area (Å²) < 4.78 is 5.34. The van der Waals surface area contributed by atoms with Gasteiger partial charge >= 0.3 is 0 Å². The molecule has 1 aromatic heterocycles. The fourth-order valence-electron chi connectivity index (χ4n) is 1.77. The molecule has 1 fully saturated rings. The highest BCUT2D eigenvalue weighted by Gasteiger charge is 2.28. The van der Waals surface area contributed by atoms with E-state index in [4.69, 9.17) is 22.2 Å². The van der Waals surface area contributed by atoms with Gasteiger partial charge in [0.15, 0.2) is 0 Å². The lowest BCUT2D eigenvalue weighted by atomic mass is 9.98. The molecule has 0 amide bonds. The van der Waals surface area contributed by atoms with Crippen molar-refractivity contribution < 1.29 is 4.74 Å². The minimum atomic E-state index is 0.130. The summed E-state index contributed by atoms with van der Waals surface area (Å²) in [6, 6.07) is 2.03. The van der Waals surface area contributed by atoms with Crippen molar-refractivity contribution in [2.75, 3.05) is 13.2 Å². The number of ether oxygens (including phenoxy) is 1. The van der Waals surface area contributed by atoms with Gasteiger partial charge in [-0.05, 0) is 17.9 Å². The van der Waals surface area contributed by atoms with Crippen molar-refractivity contribution in [2.24, 2.45) is 11.8 Å². The lowest BCUT2D eigenvalue weighted by molar-refractivity contribution is 0.177. The smallest absolute Gasteiger partial charge is 0.0619 e. The normalized spacial score (nSPS) is 24.0. The van der Waals surface area contributed by atoms with Gasteiger partial charge in [0.1, 0.15) is 0 Å². The van der Waals surface area contributed by atoms with Crippen LogP contribution in [0.15, 0.2) is 11.4 Å². The van der Waals surface area contributed by atoms with Gasteiger partial charge in [-0.1, -0.05) is 11.6 Å². The number of nitrogens with two attached hydrogens (primary N) is 1. The minimum absolute atomic E-state index is 0.130. The Labute approximate surface area is 92.2 Å². The van der Waals surface area contributed by atoms with Crippen LogP contribution in [0.25, 0.3) is 0 Å². The van der Waals surface area contributed by atoms with Crippen LogP contribution in [0.5, 0.6) is 0 Å². The lowest BCUT2D eigenvalue weighted by Gasteiger charge is -2.20. The summed E-state index contributed by atoms with van der Waals surface area (Å²) in [5, 5.41) is 2.78. The summed E-state index contributed by atoms with van der Waals surface area (Å²) in [4.78, 5) is 1.12. The molecule has 3 N–H and O–H groups in total. The second-order valence-electron chi connectivity index (χ2n) is 3.40. The van der Waals surface area contributed by atoms with Crippen molar-refractivity contribution in [1.82, 2.24) is 5.43 Å². The molecule has 0 bridgehead atoms. The Kier molecular flexibility index (Phi) is 3.41. The van der Waals surface area contributed by atoms with Crippen LogP contribution in [0, 0.1) is 5.92 Å². The topological polar surface area (TPSA) is 47.3 Å². The number of hydrazine groups is 1. The van der Waals surface area contributed by atoms with E-state index >= 15 is 0 Å². The first-order valence-corrected chi connectivity index (χ1v) is 5.85. The summed E-state index contributed by atoms with van der Waals surface area (Å²) >= 11 is 7.70.